The Balaban J connectivity index is 1.32. The number of carbonyl (C=O) groups excluding carboxylic acids is 1. The molecule has 0 radical (unpaired) electrons. The molecule has 0 unspecified atom stereocenters. The number of aryl methyl sites for hydroxylation is 1. The van der Waals surface area contributed by atoms with Gasteiger partial charge in [-0.3, -0.25) is 4.79 Å². The summed E-state index contributed by atoms with van der Waals surface area (Å²) in [5.41, 5.74) is 9.47. The van der Waals surface area contributed by atoms with E-state index in [4.69, 9.17) is 10.3 Å². The van der Waals surface area contributed by atoms with E-state index in [9.17, 15) is 4.79 Å². The van der Waals surface area contributed by atoms with Gasteiger partial charge in [0, 0.05) is 18.4 Å². The molecule has 3 aromatic rings. The highest BCUT2D eigenvalue weighted by Gasteiger charge is 2.30. The Morgan fingerprint density at radius 3 is 2.73 bits per heavy atom. The zero-order valence-electron chi connectivity index (χ0n) is 14.3. The summed E-state index contributed by atoms with van der Waals surface area (Å²) in [7, 11) is 0. The van der Waals surface area contributed by atoms with E-state index < -0.39 is 0 Å². The van der Waals surface area contributed by atoms with Gasteiger partial charge in [-0.1, -0.05) is 59.8 Å². The molecule has 0 spiro atoms. The summed E-state index contributed by atoms with van der Waals surface area (Å²) in [6, 6.07) is 17.4. The molecular formula is C20H20N4O2. The summed E-state index contributed by atoms with van der Waals surface area (Å²) in [6.07, 6.45) is 1.46. The lowest BCUT2D eigenvalue weighted by atomic mass is 10.1. The van der Waals surface area contributed by atoms with Crippen molar-refractivity contribution in [2.45, 2.75) is 31.3 Å². The van der Waals surface area contributed by atoms with Crippen LogP contribution in [0, 0.1) is 0 Å². The van der Waals surface area contributed by atoms with E-state index in [2.05, 4.69) is 21.5 Å². The SMILES string of the molecule is N[C@H]1c2ccccc2C[C@@H]1NC(=O)CCc1nc(-c2ccccc2)no1. The van der Waals surface area contributed by atoms with Gasteiger partial charge in [-0.15, -0.1) is 0 Å². The Bertz CT molecular complexity index is 907. The van der Waals surface area contributed by atoms with Gasteiger partial charge in [0.25, 0.3) is 0 Å². The summed E-state index contributed by atoms with van der Waals surface area (Å²) in [4.78, 5) is 16.6. The topological polar surface area (TPSA) is 94.0 Å². The number of aromatic nitrogens is 2. The predicted molar refractivity (Wildman–Crippen MR) is 97.1 cm³/mol. The maximum Gasteiger partial charge on any atom is 0.227 e. The molecule has 0 aliphatic heterocycles. The van der Waals surface area contributed by atoms with E-state index in [0.717, 1.165) is 17.5 Å². The number of benzene rings is 2. The number of hydrogen-bond donors (Lipinski definition) is 2. The van der Waals surface area contributed by atoms with Crippen LogP contribution in [0.3, 0.4) is 0 Å². The molecule has 0 fully saturated rings. The molecule has 1 heterocycles. The van der Waals surface area contributed by atoms with Crippen molar-refractivity contribution in [2.75, 3.05) is 0 Å². The van der Waals surface area contributed by atoms with Gasteiger partial charge in [0.15, 0.2) is 0 Å². The van der Waals surface area contributed by atoms with Crippen LogP contribution in [0.25, 0.3) is 11.4 Å². The molecule has 3 N–H and O–H groups in total. The number of carbonyl (C=O) groups is 1. The first-order chi connectivity index (χ1) is 12.7. The maximum absolute atomic E-state index is 12.3. The van der Waals surface area contributed by atoms with Gasteiger partial charge in [0.1, 0.15) is 0 Å². The van der Waals surface area contributed by atoms with Crippen LogP contribution >= 0.6 is 0 Å². The highest BCUT2D eigenvalue weighted by atomic mass is 16.5. The van der Waals surface area contributed by atoms with Crippen LogP contribution in [0.15, 0.2) is 59.1 Å². The first-order valence-electron chi connectivity index (χ1n) is 8.71. The van der Waals surface area contributed by atoms with Crippen molar-refractivity contribution >= 4 is 5.91 Å². The summed E-state index contributed by atoms with van der Waals surface area (Å²) < 4.78 is 5.25. The number of amides is 1. The van der Waals surface area contributed by atoms with Crippen LogP contribution in [-0.4, -0.2) is 22.1 Å². The Labute approximate surface area is 151 Å². The van der Waals surface area contributed by atoms with Crippen LogP contribution in [-0.2, 0) is 17.6 Å². The highest BCUT2D eigenvalue weighted by Crippen LogP contribution is 2.29. The van der Waals surface area contributed by atoms with Crippen molar-refractivity contribution in [3.63, 3.8) is 0 Å². The second kappa shape index (κ2) is 7.09. The average Bonchev–Trinajstić information content (AvgIpc) is 3.27. The summed E-state index contributed by atoms with van der Waals surface area (Å²) in [5, 5.41) is 7.00. The zero-order chi connectivity index (χ0) is 17.9. The molecule has 2 aromatic carbocycles. The van der Waals surface area contributed by atoms with Crippen LogP contribution in [0.1, 0.15) is 29.5 Å². The molecule has 2 atom stereocenters. The van der Waals surface area contributed by atoms with Crippen molar-refractivity contribution in [3.05, 3.63) is 71.6 Å². The van der Waals surface area contributed by atoms with Crippen molar-refractivity contribution in [1.29, 1.82) is 0 Å². The molecule has 1 aliphatic rings. The summed E-state index contributed by atoms with van der Waals surface area (Å²) >= 11 is 0. The zero-order valence-corrected chi connectivity index (χ0v) is 14.3. The Morgan fingerprint density at radius 1 is 1.15 bits per heavy atom. The number of hydrogen-bond acceptors (Lipinski definition) is 5. The fourth-order valence-corrected chi connectivity index (χ4v) is 3.33. The van der Waals surface area contributed by atoms with Gasteiger partial charge in [-0.25, -0.2) is 0 Å². The average molecular weight is 348 g/mol. The van der Waals surface area contributed by atoms with Crippen molar-refractivity contribution in [1.82, 2.24) is 15.5 Å². The van der Waals surface area contributed by atoms with Crippen molar-refractivity contribution in [3.8, 4) is 11.4 Å². The number of nitrogens with two attached hydrogens (primary N) is 1. The Kier molecular flexibility index (Phi) is 4.50. The number of nitrogens with one attached hydrogen (secondary N) is 1. The summed E-state index contributed by atoms with van der Waals surface area (Å²) in [6.45, 7) is 0. The van der Waals surface area contributed by atoms with E-state index >= 15 is 0 Å². The first kappa shape index (κ1) is 16.5. The molecule has 1 aromatic heterocycles. The largest absolute Gasteiger partial charge is 0.351 e. The quantitative estimate of drug-likeness (QED) is 0.738. The van der Waals surface area contributed by atoms with Gasteiger partial charge in [0.2, 0.25) is 17.6 Å². The van der Waals surface area contributed by atoms with Gasteiger partial charge >= 0.3 is 0 Å². The molecule has 6 heteroatoms. The van der Waals surface area contributed by atoms with E-state index in [1.165, 1.54) is 5.56 Å². The standard InChI is InChI=1S/C20H20N4O2/c21-19-15-9-5-4-8-14(15)12-16(19)22-17(25)10-11-18-23-20(24-26-18)13-6-2-1-3-7-13/h1-9,16,19H,10-12,21H2,(H,22,25)/t16-,19-/m0/s1. The van der Waals surface area contributed by atoms with E-state index in [0.29, 0.717) is 18.1 Å². The first-order valence-corrected chi connectivity index (χ1v) is 8.71. The fourth-order valence-electron chi connectivity index (χ4n) is 3.33. The smallest absolute Gasteiger partial charge is 0.227 e. The third-order valence-corrected chi connectivity index (χ3v) is 4.70. The number of rotatable bonds is 5. The van der Waals surface area contributed by atoms with E-state index in [-0.39, 0.29) is 24.4 Å². The molecule has 0 saturated heterocycles. The molecule has 0 saturated carbocycles. The minimum absolute atomic E-state index is 0.0577. The highest BCUT2D eigenvalue weighted by molar-refractivity contribution is 5.76. The maximum atomic E-state index is 12.3. The monoisotopic (exact) mass is 348 g/mol. The second-order valence-corrected chi connectivity index (χ2v) is 6.48. The van der Waals surface area contributed by atoms with Crippen molar-refractivity contribution in [2.24, 2.45) is 5.73 Å². The lowest BCUT2D eigenvalue weighted by Gasteiger charge is -2.17. The number of nitrogens with zero attached hydrogens (tertiary/aromatic N) is 2. The van der Waals surface area contributed by atoms with E-state index in [1.807, 2.05) is 48.5 Å². The lowest BCUT2D eigenvalue weighted by Crippen LogP contribution is -2.40. The third-order valence-electron chi connectivity index (χ3n) is 4.70. The molecule has 0 bridgehead atoms. The van der Waals surface area contributed by atoms with Crippen LogP contribution in [0.4, 0.5) is 0 Å². The molecule has 1 amide bonds. The molecule has 1 aliphatic carbocycles. The second-order valence-electron chi connectivity index (χ2n) is 6.48. The van der Waals surface area contributed by atoms with Gasteiger partial charge in [0.05, 0.1) is 12.1 Å². The predicted octanol–water partition coefficient (Wildman–Crippen LogP) is 2.41. The van der Waals surface area contributed by atoms with Crippen LogP contribution in [0.2, 0.25) is 0 Å². The minimum atomic E-state index is -0.164. The van der Waals surface area contributed by atoms with E-state index in [1.54, 1.807) is 0 Å². The van der Waals surface area contributed by atoms with Gasteiger partial charge in [-0.2, -0.15) is 4.98 Å². The third kappa shape index (κ3) is 3.36. The van der Waals surface area contributed by atoms with Crippen LogP contribution in [0.5, 0.6) is 0 Å². The van der Waals surface area contributed by atoms with Crippen molar-refractivity contribution < 1.29 is 9.32 Å². The van der Waals surface area contributed by atoms with Gasteiger partial charge < -0.3 is 15.6 Å². The molecular weight excluding hydrogens is 328 g/mol. The Morgan fingerprint density at radius 2 is 1.92 bits per heavy atom. The number of fused-ring (bicyclic) bond motifs is 1. The lowest BCUT2D eigenvalue weighted by molar-refractivity contribution is -0.121. The normalized spacial score (nSPS) is 18.5. The fraction of sp³-hybridized carbons (Fsp3) is 0.250. The Hall–Kier alpha value is -2.99. The molecule has 4 rings (SSSR count). The minimum Gasteiger partial charge on any atom is -0.351 e. The van der Waals surface area contributed by atoms with Crippen LogP contribution < -0.4 is 11.1 Å². The molecule has 132 valence electrons. The molecule has 26 heavy (non-hydrogen) atoms. The summed E-state index contributed by atoms with van der Waals surface area (Å²) in [5.74, 6) is 0.935. The van der Waals surface area contributed by atoms with Gasteiger partial charge in [-0.05, 0) is 17.5 Å². The molecule has 6 nitrogen and oxygen atoms in total.